The standard InChI is InChI=1S/C13H9N3O3/c17-11-3-1-2-10-14-12(15-16(10)11)8-4-6-9(7-5-8)13(18)19/h1-7H,(H,14,15)(H,18,19). The molecule has 0 atom stereocenters. The van der Waals surface area contributed by atoms with Crippen LogP contribution >= 0.6 is 0 Å². The molecule has 2 N–H and O–H groups in total. The molecule has 0 aliphatic rings. The Balaban J connectivity index is 2.11. The summed E-state index contributed by atoms with van der Waals surface area (Å²) in [6, 6.07) is 11.1. The Morgan fingerprint density at radius 2 is 1.89 bits per heavy atom. The molecule has 3 rings (SSSR count). The van der Waals surface area contributed by atoms with Crippen LogP contribution in [-0.4, -0.2) is 25.7 Å². The molecular formula is C13H9N3O3. The van der Waals surface area contributed by atoms with Gasteiger partial charge >= 0.3 is 5.97 Å². The number of nitrogens with zero attached hydrogens (tertiary/aromatic N) is 2. The lowest BCUT2D eigenvalue weighted by Gasteiger charge is -1.97. The minimum absolute atomic E-state index is 0.196. The fourth-order valence-electron chi connectivity index (χ4n) is 1.82. The Hall–Kier alpha value is -2.89. The SMILES string of the molecule is O=C(O)c1ccc(-c2nc3cccc(=O)n3[nH]2)cc1. The fraction of sp³-hybridized carbons (Fsp3) is 0. The van der Waals surface area contributed by atoms with Gasteiger partial charge in [0, 0.05) is 11.6 Å². The van der Waals surface area contributed by atoms with Gasteiger partial charge < -0.3 is 5.11 Å². The van der Waals surface area contributed by atoms with Crippen LogP contribution in [0.3, 0.4) is 0 Å². The third-order valence-corrected chi connectivity index (χ3v) is 2.78. The number of benzene rings is 1. The van der Waals surface area contributed by atoms with Gasteiger partial charge in [0.25, 0.3) is 5.56 Å². The molecule has 94 valence electrons. The van der Waals surface area contributed by atoms with Gasteiger partial charge in [0.2, 0.25) is 0 Å². The van der Waals surface area contributed by atoms with Gasteiger partial charge in [-0.05, 0) is 18.2 Å². The molecule has 1 aromatic carbocycles. The number of aromatic nitrogens is 3. The number of carboxylic acid groups (broad SMARTS) is 1. The van der Waals surface area contributed by atoms with Gasteiger partial charge in [-0.15, -0.1) is 0 Å². The molecule has 6 nitrogen and oxygen atoms in total. The summed E-state index contributed by atoms with van der Waals surface area (Å²) in [5, 5.41) is 11.7. The molecule has 0 aliphatic carbocycles. The monoisotopic (exact) mass is 255 g/mol. The molecule has 0 aliphatic heterocycles. The molecule has 0 bridgehead atoms. The summed E-state index contributed by atoms with van der Waals surface area (Å²) < 4.78 is 1.33. The number of rotatable bonds is 2. The third-order valence-electron chi connectivity index (χ3n) is 2.78. The van der Waals surface area contributed by atoms with Gasteiger partial charge in [0.1, 0.15) is 0 Å². The minimum atomic E-state index is -0.979. The highest BCUT2D eigenvalue weighted by molar-refractivity contribution is 5.88. The van der Waals surface area contributed by atoms with E-state index in [1.807, 2.05) is 0 Å². The van der Waals surface area contributed by atoms with Crippen molar-refractivity contribution < 1.29 is 9.90 Å². The van der Waals surface area contributed by atoms with Crippen molar-refractivity contribution in [2.45, 2.75) is 0 Å². The number of aromatic amines is 1. The fourth-order valence-corrected chi connectivity index (χ4v) is 1.82. The number of aromatic carboxylic acids is 1. The number of H-pyrrole nitrogens is 1. The normalized spacial score (nSPS) is 10.7. The third kappa shape index (κ3) is 1.89. The topological polar surface area (TPSA) is 87.5 Å². The molecule has 0 radical (unpaired) electrons. The highest BCUT2D eigenvalue weighted by Gasteiger charge is 2.07. The van der Waals surface area contributed by atoms with E-state index >= 15 is 0 Å². The van der Waals surface area contributed by atoms with Gasteiger partial charge in [-0.2, -0.15) is 4.52 Å². The zero-order chi connectivity index (χ0) is 13.4. The summed E-state index contributed by atoms with van der Waals surface area (Å²) in [7, 11) is 0. The maximum Gasteiger partial charge on any atom is 0.335 e. The summed E-state index contributed by atoms with van der Waals surface area (Å²) in [5.74, 6) is -0.465. The lowest BCUT2D eigenvalue weighted by atomic mass is 10.1. The van der Waals surface area contributed by atoms with Crippen molar-refractivity contribution in [1.82, 2.24) is 14.6 Å². The Bertz CT molecular complexity index is 815. The summed E-state index contributed by atoms with van der Waals surface area (Å²) in [4.78, 5) is 26.6. The van der Waals surface area contributed by atoms with Crippen molar-refractivity contribution in [1.29, 1.82) is 0 Å². The van der Waals surface area contributed by atoms with Crippen molar-refractivity contribution in [3.63, 3.8) is 0 Å². The first-order chi connectivity index (χ1) is 9.15. The van der Waals surface area contributed by atoms with Crippen molar-refractivity contribution in [2.75, 3.05) is 0 Å². The number of carbonyl (C=O) groups is 1. The average Bonchev–Trinajstić information content (AvgIpc) is 2.84. The first kappa shape index (κ1) is 11.2. The van der Waals surface area contributed by atoms with Crippen LogP contribution in [-0.2, 0) is 0 Å². The first-order valence-corrected chi connectivity index (χ1v) is 5.57. The van der Waals surface area contributed by atoms with E-state index in [1.165, 1.54) is 22.7 Å². The van der Waals surface area contributed by atoms with Crippen LogP contribution in [0.5, 0.6) is 0 Å². The average molecular weight is 255 g/mol. The lowest BCUT2D eigenvalue weighted by Crippen LogP contribution is -2.11. The van der Waals surface area contributed by atoms with E-state index in [0.717, 1.165) is 0 Å². The lowest BCUT2D eigenvalue weighted by molar-refractivity contribution is 0.0697. The van der Waals surface area contributed by atoms with Crippen LogP contribution < -0.4 is 5.56 Å². The van der Waals surface area contributed by atoms with Crippen LogP contribution in [0.15, 0.2) is 47.3 Å². The zero-order valence-electron chi connectivity index (χ0n) is 9.70. The smallest absolute Gasteiger partial charge is 0.335 e. The zero-order valence-corrected chi connectivity index (χ0v) is 9.70. The summed E-state index contributed by atoms with van der Waals surface area (Å²) in [6.45, 7) is 0. The highest BCUT2D eigenvalue weighted by Crippen LogP contribution is 2.16. The molecule has 19 heavy (non-hydrogen) atoms. The summed E-state index contributed by atoms with van der Waals surface area (Å²) >= 11 is 0. The molecule has 0 fully saturated rings. The van der Waals surface area contributed by atoms with Crippen LogP contribution in [0.2, 0.25) is 0 Å². The number of carboxylic acids is 1. The van der Waals surface area contributed by atoms with Gasteiger partial charge in [0.05, 0.1) is 5.56 Å². The molecule has 3 aromatic rings. The van der Waals surface area contributed by atoms with Crippen molar-refractivity contribution in [2.24, 2.45) is 0 Å². The number of pyridine rings is 1. The van der Waals surface area contributed by atoms with Crippen LogP contribution in [0.4, 0.5) is 0 Å². The van der Waals surface area contributed by atoms with E-state index in [2.05, 4.69) is 10.1 Å². The Morgan fingerprint density at radius 3 is 2.53 bits per heavy atom. The highest BCUT2D eigenvalue weighted by atomic mass is 16.4. The molecule has 0 spiro atoms. The van der Waals surface area contributed by atoms with Gasteiger partial charge in [0.15, 0.2) is 11.5 Å². The van der Waals surface area contributed by atoms with E-state index in [0.29, 0.717) is 17.0 Å². The van der Waals surface area contributed by atoms with Gasteiger partial charge in [-0.3, -0.25) is 9.89 Å². The quantitative estimate of drug-likeness (QED) is 0.724. The largest absolute Gasteiger partial charge is 0.478 e. The van der Waals surface area contributed by atoms with E-state index < -0.39 is 5.97 Å². The first-order valence-electron chi connectivity index (χ1n) is 5.57. The second-order valence-corrected chi connectivity index (χ2v) is 4.01. The van der Waals surface area contributed by atoms with Crippen LogP contribution in [0.25, 0.3) is 17.0 Å². The Kier molecular flexibility index (Phi) is 2.42. The number of hydrogen-bond donors (Lipinski definition) is 2. The maximum atomic E-state index is 11.6. The van der Waals surface area contributed by atoms with Crippen LogP contribution in [0.1, 0.15) is 10.4 Å². The van der Waals surface area contributed by atoms with Crippen molar-refractivity contribution >= 4 is 11.6 Å². The molecule has 0 amide bonds. The van der Waals surface area contributed by atoms with Crippen molar-refractivity contribution in [3.8, 4) is 11.4 Å². The molecule has 0 unspecified atom stereocenters. The second kappa shape index (κ2) is 4.09. The minimum Gasteiger partial charge on any atom is -0.478 e. The van der Waals surface area contributed by atoms with E-state index in [-0.39, 0.29) is 11.1 Å². The number of nitrogens with one attached hydrogen (secondary N) is 1. The van der Waals surface area contributed by atoms with Gasteiger partial charge in [-0.1, -0.05) is 18.2 Å². The predicted octanol–water partition coefficient (Wildman–Crippen LogP) is 1.39. The summed E-state index contributed by atoms with van der Waals surface area (Å²) in [5.41, 5.74) is 1.24. The van der Waals surface area contributed by atoms with Crippen molar-refractivity contribution in [3.05, 3.63) is 58.4 Å². The molecule has 2 aromatic heterocycles. The van der Waals surface area contributed by atoms with Gasteiger partial charge in [-0.25, -0.2) is 9.78 Å². The molecule has 2 heterocycles. The predicted molar refractivity (Wildman–Crippen MR) is 68.2 cm³/mol. The van der Waals surface area contributed by atoms with E-state index in [4.69, 9.17) is 5.11 Å². The molecule has 0 saturated heterocycles. The van der Waals surface area contributed by atoms with Crippen LogP contribution in [0, 0.1) is 0 Å². The molecule has 0 saturated carbocycles. The van der Waals surface area contributed by atoms with E-state index in [9.17, 15) is 9.59 Å². The second-order valence-electron chi connectivity index (χ2n) is 4.01. The number of fused-ring (bicyclic) bond motifs is 1. The van der Waals surface area contributed by atoms with E-state index in [1.54, 1.807) is 24.3 Å². The molecule has 6 heteroatoms. The molecular weight excluding hydrogens is 246 g/mol. The maximum absolute atomic E-state index is 11.6. The number of hydrogen-bond acceptors (Lipinski definition) is 3. The Morgan fingerprint density at radius 1 is 1.16 bits per heavy atom. The summed E-state index contributed by atoms with van der Waals surface area (Å²) in [6.07, 6.45) is 0. The Labute approximate surface area is 106 Å².